The highest BCUT2D eigenvalue weighted by Gasteiger charge is 2.24. The van der Waals surface area contributed by atoms with Crippen molar-refractivity contribution >= 4 is 28.6 Å². The zero-order chi connectivity index (χ0) is 24.7. The van der Waals surface area contributed by atoms with Crippen LogP contribution in [0.5, 0.6) is 5.75 Å². The van der Waals surface area contributed by atoms with E-state index < -0.39 is 0 Å². The molecule has 0 amide bonds. The van der Waals surface area contributed by atoms with Gasteiger partial charge in [-0.2, -0.15) is 0 Å². The first-order valence-corrected chi connectivity index (χ1v) is 12.6. The molecule has 1 heterocycles. The summed E-state index contributed by atoms with van der Waals surface area (Å²) < 4.78 is 5.55. The van der Waals surface area contributed by atoms with Crippen molar-refractivity contribution in [2.45, 2.75) is 72.6 Å². The quantitative estimate of drug-likeness (QED) is 0.236. The van der Waals surface area contributed by atoms with E-state index in [0.29, 0.717) is 40.7 Å². The number of aryl methyl sites for hydroxylation is 1. The largest absolute Gasteiger partial charge is 0.506 e. The number of phenols is 1. The van der Waals surface area contributed by atoms with Crippen molar-refractivity contribution in [3.05, 3.63) is 47.0 Å². The Morgan fingerprint density at radius 3 is 2.59 bits per heavy atom. The number of halogens is 1. The fourth-order valence-corrected chi connectivity index (χ4v) is 4.33. The lowest BCUT2D eigenvalue weighted by Gasteiger charge is -2.30. The maximum atomic E-state index is 12.4. The highest BCUT2D eigenvalue weighted by Crippen LogP contribution is 2.33. The molecule has 184 valence electrons. The SMILES string of the molecule is CCCCCC(CCOC(=O)CCc1ccc(O)c(-n2nc3ccc(Cl)cc3n2)c1)C(C)(C)C. The second-order valence-electron chi connectivity index (χ2n) is 10.0. The molecular formula is C27H36ClN3O3. The molecule has 3 aromatic rings. The number of esters is 1. The summed E-state index contributed by atoms with van der Waals surface area (Å²) in [6.45, 7) is 9.47. The Kier molecular flexibility index (Phi) is 8.95. The van der Waals surface area contributed by atoms with Gasteiger partial charge < -0.3 is 9.84 Å². The lowest BCUT2D eigenvalue weighted by Crippen LogP contribution is -2.23. The molecule has 1 atom stereocenters. The van der Waals surface area contributed by atoms with E-state index >= 15 is 0 Å². The van der Waals surface area contributed by atoms with E-state index in [1.54, 1.807) is 36.4 Å². The number of phenolic OH excluding ortho intramolecular Hbond substituents is 1. The van der Waals surface area contributed by atoms with E-state index in [2.05, 4.69) is 37.9 Å². The monoisotopic (exact) mass is 485 g/mol. The molecular weight excluding hydrogens is 450 g/mol. The molecule has 0 bridgehead atoms. The molecule has 7 heteroatoms. The van der Waals surface area contributed by atoms with Crippen LogP contribution in [0.2, 0.25) is 5.02 Å². The summed E-state index contributed by atoms with van der Waals surface area (Å²) in [4.78, 5) is 13.8. The molecule has 0 aliphatic rings. The molecule has 1 unspecified atom stereocenters. The molecule has 0 saturated heterocycles. The summed E-state index contributed by atoms with van der Waals surface area (Å²) >= 11 is 6.03. The average molecular weight is 486 g/mol. The maximum Gasteiger partial charge on any atom is 0.306 e. The Hall–Kier alpha value is -2.60. The van der Waals surface area contributed by atoms with Crippen molar-refractivity contribution in [1.82, 2.24) is 15.0 Å². The number of aromatic nitrogens is 3. The van der Waals surface area contributed by atoms with E-state index in [0.717, 1.165) is 12.0 Å². The Morgan fingerprint density at radius 2 is 1.85 bits per heavy atom. The smallest absolute Gasteiger partial charge is 0.306 e. The number of aromatic hydroxyl groups is 1. The number of ether oxygens (including phenoxy) is 1. The number of benzene rings is 2. The molecule has 0 saturated carbocycles. The van der Waals surface area contributed by atoms with E-state index in [4.69, 9.17) is 16.3 Å². The Morgan fingerprint density at radius 1 is 1.09 bits per heavy atom. The van der Waals surface area contributed by atoms with Gasteiger partial charge in [0, 0.05) is 11.4 Å². The molecule has 0 radical (unpaired) electrons. The van der Waals surface area contributed by atoms with Crippen molar-refractivity contribution in [3.63, 3.8) is 0 Å². The third-order valence-electron chi connectivity index (χ3n) is 6.33. The summed E-state index contributed by atoms with van der Waals surface area (Å²) in [7, 11) is 0. The lowest BCUT2D eigenvalue weighted by molar-refractivity contribution is -0.144. The zero-order valence-electron chi connectivity index (χ0n) is 20.7. The molecule has 0 aliphatic heterocycles. The van der Waals surface area contributed by atoms with Crippen LogP contribution in [0.25, 0.3) is 16.7 Å². The normalized spacial score (nSPS) is 12.7. The first-order valence-electron chi connectivity index (χ1n) is 12.2. The van der Waals surface area contributed by atoms with Crippen LogP contribution < -0.4 is 0 Å². The number of hydrogen-bond acceptors (Lipinski definition) is 5. The number of unbranched alkanes of at least 4 members (excludes halogenated alkanes) is 2. The van der Waals surface area contributed by atoms with Gasteiger partial charge in [-0.1, -0.05) is 64.6 Å². The molecule has 6 nitrogen and oxygen atoms in total. The summed E-state index contributed by atoms with van der Waals surface area (Å²) in [5.41, 5.74) is 2.89. The molecule has 2 aromatic carbocycles. The van der Waals surface area contributed by atoms with E-state index in [9.17, 15) is 9.90 Å². The fraction of sp³-hybridized carbons (Fsp3) is 0.519. The minimum atomic E-state index is -0.201. The fourth-order valence-electron chi connectivity index (χ4n) is 4.16. The number of carbonyl (C=O) groups excluding carboxylic acids is 1. The molecule has 34 heavy (non-hydrogen) atoms. The third kappa shape index (κ3) is 7.20. The molecule has 0 spiro atoms. The zero-order valence-corrected chi connectivity index (χ0v) is 21.4. The van der Waals surface area contributed by atoms with Gasteiger partial charge >= 0.3 is 5.97 Å². The number of hydrogen-bond donors (Lipinski definition) is 1. The summed E-state index contributed by atoms with van der Waals surface area (Å²) in [6.07, 6.45) is 6.55. The van der Waals surface area contributed by atoms with Crippen LogP contribution >= 0.6 is 11.6 Å². The van der Waals surface area contributed by atoms with Crippen molar-refractivity contribution in [2.24, 2.45) is 11.3 Å². The Labute approximate surface area is 207 Å². The van der Waals surface area contributed by atoms with Gasteiger partial charge in [-0.15, -0.1) is 15.0 Å². The standard InChI is InChI=1S/C27H36ClN3O3/c1-5-6-7-8-20(27(2,3)4)15-16-34-26(33)14-10-19-9-13-25(32)24(17-19)31-29-22-12-11-21(28)18-23(22)30-31/h9,11-13,17-18,20,32H,5-8,10,14-16H2,1-4H3. The van der Waals surface area contributed by atoms with Gasteiger partial charge in [-0.05, 0) is 66.5 Å². The molecule has 1 aromatic heterocycles. The van der Waals surface area contributed by atoms with Crippen molar-refractivity contribution in [3.8, 4) is 11.4 Å². The van der Waals surface area contributed by atoms with Crippen LogP contribution in [0.15, 0.2) is 36.4 Å². The van der Waals surface area contributed by atoms with Gasteiger partial charge in [0.25, 0.3) is 0 Å². The van der Waals surface area contributed by atoms with Gasteiger partial charge in [0.05, 0.1) is 6.61 Å². The first kappa shape index (κ1) is 26.0. The number of carbonyl (C=O) groups is 1. The summed E-state index contributed by atoms with van der Waals surface area (Å²) in [6, 6.07) is 10.5. The van der Waals surface area contributed by atoms with Crippen LogP contribution in [0.3, 0.4) is 0 Å². The van der Waals surface area contributed by atoms with E-state index in [-0.39, 0.29) is 23.6 Å². The van der Waals surface area contributed by atoms with Crippen LogP contribution in [-0.2, 0) is 16.0 Å². The topological polar surface area (TPSA) is 77.2 Å². The summed E-state index contributed by atoms with van der Waals surface area (Å²) in [5, 5.41) is 19.7. The maximum absolute atomic E-state index is 12.4. The lowest BCUT2D eigenvalue weighted by atomic mass is 9.76. The van der Waals surface area contributed by atoms with E-state index in [1.807, 2.05) is 0 Å². The average Bonchev–Trinajstić information content (AvgIpc) is 3.19. The van der Waals surface area contributed by atoms with Crippen LogP contribution in [0.4, 0.5) is 0 Å². The number of nitrogens with zero attached hydrogens (tertiary/aromatic N) is 3. The van der Waals surface area contributed by atoms with Crippen molar-refractivity contribution < 1.29 is 14.6 Å². The highest BCUT2D eigenvalue weighted by molar-refractivity contribution is 6.31. The van der Waals surface area contributed by atoms with Gasteiger partial charge in [0.2, 0.25) is 0 Å². The Bertz CT molecular complexity index is 1100. The van der Waals surface area contributed by atoms with Crippen LogP contribution in [0.1, 0.15) is 71.8 Å². The predicted molar refractivity (Wildman–Crippen MR) is 137 cm³/mol. The second kappa shape index (κ2) is 11.7. The summed E-state index contributed by atoms with van der Waals surface area (Å²) in [5.74, 6) is 0.404. The predicted octanol–water partition coefficient (Wildman–Crippen LogP) is 6.89. The van der Waals surface area contributed by atoms with Crippen LogP contribution in [0, 0.1) is 11.3 Å². The van der Waals surface area contributed by atoms with E-state index in [1.165, 1.54) is 30.5 Å². The van der Waals surface area contributed by atoms with Gasteiger partial charge in [-0.3, -0.25) is 4.79 Å². The van der Waals surface area contributed by atoms with Gasteiger partial charge in [0.1, 0.15) is 22.5 Å². The van der Waals surface area contributed by atoms with Crippen LogP contribution in [-0.4, -0.2) is 32.7 Å². The van der Waals surface area contributed by atoms with Crippen molar-refractivity contribution in [2.75, 3.05) is 6.61 Å². The highest BCUT2D eigenvalue weighted by atomic mass is 35.5. The minimum absolute atomic E-state index is 0.0639. The molecule has 0 aliphatic carbocycles. The third-order valence-corrected chi connectivity index (χ3v) is 6.56. The molecule has 1 N–H and O–H groups in total. The number of fused-ring (bicyclic) bond motifs is 1. The second-order valence-corrected chi connectivity index (χ2v) is 10.4. The Balaban J connectivity index is 1.55. The minimum Gasteiger partial charge on any atom is -0.506 e. The molecule has 0 fully saturated rings. The van der Waals surface area contributed by atoms with Gasteiger partial charge in [0.15, 0.2) is 0 Å². The molecule has 3 rings (SSSR count). The van der Waals surface area contributed by atoms with Gasteiger partial charge in [-0.25, -0.2) is 0 Å². The van der Waals surface area contributed by atoms with Crippen molar-refractivity contribution in [1.29, 1.82) is 0 Å². The number of rotatable bonds is 11. The first-order chi connectivity index (χ1) is 16.2.